The molecule has 1 heterocycles. The first-order chi connectivity index (χ1) is 9.41. The Hall–Kier alpha value is -0.570. The number of halogens is 3. The van der Waals surface area contributed by atoms with Gasteiger partial charge in [0.15, 0.2) is 0 Å². The van der Waals surface area contributed by atoms with Crippen molar-refractivity contribution in [1.82, 2.24) is 14.7 Å². The van der Waals surface area contributed by atoms with E-state index in [1.54, 1.807) is 10.9 Å². The van der Waals surface area contributed by atoms with Crippen LogP contribution in [-0.2, 0) is 11.3 Å². The van der Waals surface area contributed by atoms with Gasteiger partial charge in [-0.3, -0.25) is 4.68 Å². The molecule has 1 unspecified atom stereocenters. The lowest BCUT2D eigenvalue weighted by molar-refractivity contribution is 0.00383. The maximum atomic E-state index is 11.9. The highest BCUT2D eigenvalue weighted by Crippen LogP contribution is 2.25. The lowest BCUT2D eigenvalue weighted by atomic mass is 10.2. The molecule has 0 aliphatic heterocycles. The van der Waals surface area contributed by atoms with Crippen molar-refractivity contribution in [2.75, 3.05) is 33.9 Å². The molecule has 0 aliphatic rings. The van der Waals surface area contributed by atoms with Crippen molar-refractivity contribution in [2.24, 2.45) is 0 Å². The number of rotatable bonds is 9. The molecule has 0 radical (unpaired) electrons. The molecule has 0 saturated carbocycles. The van der Waals surface area contributed by atoms with E-state index in [0.717, 1.165) is 6.54 Å². The molecule has 1 atom stereocenters. The number of aliphatic hydroxyl groups excluding tert-OH is 1. The number of hydrogen-bond donors (Lipinski definition) is 1. The van der Waals surface area contributed by atoms with Crippen LogP contribution >= 0.6 is 15.9 Å². The van der Waals surface area contributed by atoms with Gasteiger partial charge in [0.2, 0.25) is 0 Å². The number of alkyl halides is 2. The molecule has 0 amide bonds. The second-order valence-corrected chi connectivity index (χ2v) is 5.53. The summed E-state index contributed by atoms with van der Waals surface area (Å²) in [6.45, 7) is 0.906. The molecule has 0 aliphatic carbocycles. The molecule has 0 spiro atoms. The standard InChI is InChI=1S/C12H20BrF2N3O2/c1-17(2)4-5-18-12(9(13)7-16-18)10(19)3-6-20-8-11(14)15/h7,10-11,19H,3-6,8H2,1-2H3. The lowest BCUT2D eigenvalue weighted by Gasteiger charge is -2.16. The van der Waals surface area contributed by atoms with Gasteiger partial charge in [0.05, 0.1) is 29.0 Å². The molecule has 0 bridgehead atoms. The van der Waals surface area contributed by atoms with Gasteiger partial charge in [-0.25, -0.2) is 8.78 Å². The Morgan fingerprint density at radius 1 is 1.50 bits per heavy atom. The third kappa shape index (κ3) is 5.82. The summed E-state index contributed by atoms with van der Waals surface area (Å²) < 4.78 is 31.0. The number of likely N-dealkylation sites (N-methyl/N-ethyl adjacent to an activating group) is 1. The molecule has 1 rings (SSSR count). The Bertz CT molecular complexity index is 402. The van der Waals surface area contributed by atoms with Gasteiger partial charge in [0.1, 0.15) is 6.61 Å². The number of ether oxygens (including phenoxy) is 1. The minimum absolute atomic E-state index is 0.0802. The van der Waals surface area contributed by atoms with E-state index in [1.807, 2.05) is 19.0 Å². The van der Waals surface area contributed by atoms with E-state index in [9.17, 15) is 13.9 Å². The fraction of sp³-hybridized carbons (Fsp3) is 0.750. The summed E-state index contributed by atoms with van der Waals surface area (Å²) in [6.07, 6.45) is -1.41. The van der Waals surface area contributed by atoms with Crippen molar-refractivity contribution in [3.8, 4) is 0 Å². The Balaban J connectivity index is 2.53. The number of aliphatic hydroxyl groups is 1. The van der Waals surface area contributed by atoms with Crippen molar-refractivity contribution in [3.05, 3.63) is 16.4 Å². The maximum absolute atomic E-state index is 11.9. The molecule has 8 heteroatoms. The number of hydrogen-bond acceptors (Lipinski definition) is 4. The zero-order chi connectivity index (χ0) is 15.1. The quantitative estimate of drug-likeness (QED) is 0.687. The topological polar surface area (TPSA) is 50.5 Å². The second kappa shape index (κ2) is 8.66. The van der Waals surface area contributed by atoms with Crippen molar-refractivity contribution in [3.63, 3.8) is 0 Å². The van der Waals surface area contributed by atoms with Gasteiger partial charge in [-0.2, -0.15) is 5.10 Å². The molecule has 0 fully saturated rings. The zero-order valence-corrected chi connectivity index (χ0v) is 13.2. The molecule has 1 N–H and O–H groups in total. The Morgan fingerprint density at radius 2 is 2.20 bits per heavy atom. The van der Waals surface area contributed by atoms with Crippen LogP contribution < -0.4 is 0 Å². The highest BCUT2D eigenvalue weighted by atomic mass is 79.9. The van der Waals surface area contributed by atoms with Crippen LogP contribution in [-0.4, -0.2) is 60.1 Å². The van der Waals surface area contributed by atoms with E-state index >= 15 is 0 Å². The van der Waals surface area contributed by atoms with E-state index in [0.29, 0.717) is 16.7 Å². The predicted molar refractivity (Wildman–Crippen MR) is 74.9 cm³/mol. The van der Waals surface area contributed by atoms with Gasteiger partial charge in [-0.1, -0.05) is 0 Å². The van der Waals surface area contributed by atoms with Gasteiger partial charge in [-0.15, -0.1) is 0 Å². The Labute approximate surface area is 125 Å². The molecule has 1 aromatic heterocycles. The summed E-state index contributed by atoms with van der Waals surface area (Å²) in [6, 6.07) is 0. The van der Waals surface area contributed by atoms with Crippen LogP contribution in [0.25, 0.3) is 0 Å². The molecular formula is C12H20BrF2N3O2. The summed E-state index contributed by atoms with van der Waals surface area (Å²) >= 11 is 3.34. The molecule has 0 saturated heterocycles. The van der Waals surface area contributed by atoms with Crippen LogP contribution in [0.1, 0.15) is 18.2 Å². The van der Waals surface area contributed by atoms with Crippen LogP contribution in [0.3, 0.4) is 0 Å². The van der Waals surface area contributed by atoms with Crippen molar-refractivity contribution < 1.29 is 18.6 Å². The summed E-state index contributed by atoms with van der Waals surface area (Å²) in [4.78, 5) is 2.01. The first-order valence-corrected chi connectivity index (χ1v) is 7.11. The molecule has 20 heavy (non-hydrogen) atoms. The average molecular weight is 356 g/mol. The molecular weight excluding hydrogens is 336 g/mol. The fourth-order valence-electron chi connectivity index (χ4n) is 1.68. The SMILES string of the molecule is CN(C)CCn1ncc(Br)c1C(O)CCOCC(F)F. The van der Waals surface area contributed by atoms with E-state index in [-0.39, 0.29) is 13.0 Å². The van der Waals surface area contributed by atoms with Crippen molar-refractivity contribution in [1.29, 1.82) is 0 Å². The van der Waals surface area contributed by atoms with E-state index < -0.39 is 19.1 Å². The molecule has 5 nitrogen and oxygen atoms in total. The normalized spacial score (nSPS) is 13.4. The van der Waals surface area contributed by atoms with E-state index in [2.05, 4.69) is 21.0 Å². The summed E-state index contributed by atoms with van der Waals surface area (Å²) in [5.41, 5.74) is 0.646. The third-order valence-corrected chi connectivity index (χ3v) is 3.30. The Kier molecular flexibility index (Phi) is 7.57. The summed E-state index contributed by atoms with van der Waals surface area (Å²) in [5.74, 6) is 0. The lowest BCUT2D eigenvalue weighted by Crippen LogP contribution is -2.21. The first kappa shape index (κ1) is 17.5. The van der Waals surface area contributed by atoms with E-state index in [4.69, 9.17) is 4.74 Å². The molecule has 0 aromatic carbocycles. The van der Waals surface area contributed by atoms with Crippen LogP contribution in [0, 0.1) is 0 Å². The van der Waals surface area contributed by atoms with E-state index in [1.165, 1.54) is 0 Å². The molecule has 116 valence electrons. The largest absolute Gasteiger partial charge is 0.387 e. The van der Waals surface area contributed by atoms with Crippen LogP contribution in [0.15, 0.2) is 10.7 Å². The van der Waals surface area contributed by atoms with Crippen LogP contribution in [0.5, 0.6) is 0 Å². The van der Waals surface area contributed by atoms with Gasteiger partial charge in [-0.05, 0) is 30.0 Å². The highest BCUT2D eigenvalue weighted by molar-refractivity contribution is 9.10. The van der Waals surface area contributed by atoms with Crippen molar-refractivity contribution >= 4 is 15.9 Å². The van der Waals surface area contributed by atoms with Gasteiger partial charge in [0, 0.05) is 19.6 Å². The van der Waals surface area contributed by atoms with Crippen LogP contribution in [0.2, 0.25) is 0 Å². The number of aromatic nitrogens is 2. The molecule has 1 aromatic rings. The van der Waals surface area contributed by atoms with Crippen LogP contribution in [0.4, 0.5) is 8.78 Å². The smallest absolute Gasteiger partial charge is 0.261 e. The average Bonchev–Trinajstić information content (AvgIpc) is 2.73. The van der Waals surface area contributed by atoms with Crippen molar-refractivity contribution in [2.45, 2.75) is 25.5 Å². The highest BCUT2D eigenvalue weighted by Gasteiger charge is 2.18. The second-order valence-electron chi connectivity index (χ2n) is 4.67. The monoisotopic (exact) mass is 355 g/mol. The van der Waals surface area contributed by atoms with Gasteiger partial charge < -0.3 is 14.7 Å². The zero-order valence-electron chi connectivity index (χ0n) is 11.6. The minimum Gasteiger partial charge on any atom is -0.387 e. The summed E-state index contributed by atoms with van der Waals surface area (Å²) in [7, 11) is 3.90. The van der Waals surface area contributed by atoms with Gasteiger partial charge >= 0.3 is 0 Å². The first-order valence-electron chi connectivity index (χ1n) is 6.31. The van der Waals surface area contributed by atoms with Gasteiger partial charge in [0.25, 0.3) is 6.43 Å². The fourth-order valence-corrected chi connectivity index (χ4v) is 2.24. The summed E-state index contributed by atoms with van der Waals surface area (Å²) in [5, 5.41) is 14.3. The number of nitrogens with zero attached hydrogens (tertiary/aromatic N) is 3. The third-order valence-electron chi connectivity index (χ3n) is 2.69. The Morgan fingerprint density at radius 3 is 2.80 bits per heavy atom. The predicted octanol–water partition coefficient (Wildman–Crippen LogP) is 1.91. The minimum atomic E-state index is -2.48. The maximum Gasteiger partial charge on any atom is 0.261 e.